The van der Waals surface area contributed by atoms with Crippen molar-refractivity contribution in [3.8, 4) is 0 Å². The highest BCUT2D eigenvalue weighted by molar-refractivity contribution is 5.71. The lowest BCUT2D eigenvalue weighted by molar-refractivity contribution is -0.161. The number of ether oxygens (including phenoxy) is 4. The third-order valence-electron chi connectivity index (χ3n) is 3.15. The molecule has 1 aliphatic rings. The number of carbonyl (C=O) groups is 1. The van der Waals surface area contributed by atoms with Gasteiger partial charge in [0, 0.05) is 7.11 Å². The van der Waals surface area contributed by atoms with Crippen LogP contribution in [0.2, 0.25) is 0 Å². The quantitative estimate of drug-likeness (QED) is 0.532. The Morgan fingerprint density at radius 3 is 2.65 bits per heavy atom. The lowest BCUT2D eigenvalue weighted by Gasteiger charge is -2.28. The number of methoxy groups -OCH3 is 1. The summed E-state index contributed by atoms with van der Waals surface area (Å²) in [4.78, 5) is 11.5. The van der Waals surface area contributed by atoms with Crippen molar-refractivity contribution in [1.82, 2.24) is 0 Å². The highest BCUT2D eigenvalue weighted by Crippen LogP contribution is 2.26. The molecule has 0 radical (unpaired) electrons. The number of rotatable bonds is 7. The fraction of sp³-hybridized carbons (Fsp3) is 0.933. The summed E-state index contributed by atoms with van der Waals surface area (Å²) in [6.07, 6.45) is 4.55. The summed E-state index contributed by atoms with van der Waals surface area (Å²) >= 11 is 0. The summed E-state index contributed by atoms with van der Waals surface area (Å²) in [5.74, 6) is 0.147. The molecule has 0 aromatic rings. The summed E-state index contributed by atoms with van der Waals surface area (Å²) in [6.45, 7) is 6.51. The third-order valence-corrected chi connectivity index (χ3v) is 3.15. The van der Waals surface area contributed by atoms with Crippen molar-refractivity contribution in [2.45, 2.75) is 58.2 Å². The minimum atomic E-state index is -0.454. The van der Waals surface area contributed by atoms with E-state index in [0.717, 1.165) is 25.7 Å². The summed E-state index contributed by atoms with van der Waals surface area (Å²) in [5, 5.41) is 0. The van der Waals surface area contributed by atoms with Crippen molar-refractivity contribution >= 4 is 5.97 Å². The van der Waals surface area contributed by atoms with E-state index < -0.39 is 5.60 Å². The maximum atomic E-state index is 11.5. The Balaban J connectivity index is 2.16. The maximum Gasteiger partial charge on any atom is 0.332 e. The number of esters is 1. The molecule has 1 fully saturated rings. The third kappa shape index (κ3) is 7.82. The van der Waals surface area contributed by atoms with Crippen LogP contribution >= 0.6 is 0 Å². The predicted molar refractivity (Wildman–Crippen MR) is 75.4 cm³/mol. The Labute approximate surface area is 121 Å². The van der Waals surface area contributed by atoms with Gasteiger partial charge in [0.05, 0.1) is 12.7 Å². The average Bonchev–Trinajstić information content (AvgIpc) is 2.34. The van der Waals surface area contributed by atoms with Crippen LogP contribution in [-0.2, 0) is 23.7 Å². The molecule has 1 aliphatic carbocycles. The second kappa shape index (κ2) is 8.60. The van der Waals surface area contributed by atoms with E-state index >= 15 is 0 Å². The zero-order valence-corrected chi connectivity index (χ0v) is 13.1. The van der Waals surface area contributed by atoms with Gasteiger partial charge < -0.3 is 18.9 Å². The second-order valence-electron chi connectivity index (χ2n) is 6.33. The topological polar surface area (TPSA) is 54.0 Å². The van der Waals surface area contributed by atoms with Gasteiger partial charge in [-0.05, 0) is 46.0 Å². The fourth-order valence-corrected chi connectivity index (χ4v) is 2.39. The highest BCUT2D eigenvalue weighted by atomic mass is 16.7. The van der Waals surface area contributed by atoms with Crippen LogP contribution in [-0.4, -0.2) is 44.8 Å². The molecule has 0 aromatic heterocycles. The predicted octanol–water partition coefficient (Wildman–Crippen LogP) is 2.52. The van der Waals surface area contributed by atoms with E-state index in [-0.39, 0.29) is 18.7 Å². The van der Waals surface area contributed by atoms with Gasteiger partial charge in [-0.2, -0.15) is 0 Å². The molecule has 118 valence electrons. The first-order chi connectivity index (χ1) is 9.40. The molecule has 0 aliphatic heterocycles. The molecule has 5 heteroatoms. The van der Waals surface area contributed by atoms with E-state index in [2.05, 4.69) is 0 Å². The molecule has 0 saturated heterocycles. The van der Waals surface area contributed by atoms with E-state index in [1.54, 1.807) is 7.11 Å². The van der Waals surface area contributed by atoms with Crippen LogP contribution < -0.4 is 0 Å². The molecular weight excluding hydrogens is 260 g/mol. The maximum absolute atomic E-state index is 11.5. The second-order valence-corrected chi connectivity index (χ2v) is 6.33. The van der Waals surface area contributed by atoms with E-state index in [0.29, 0.717) is 19.3 Å². The molecule has 1 rings (SSSR count). The molecule has 0 heterocycles. The van der Waals surface area contributed by atoms with Crippen LogP contribution in [0.15, 0.2) is 0 Å². The van der Waals surface area contributed by atoms with Crippen molar-refractivity contribution in [2.75, 3.05) is 27.1 Å². The summed E-state index contributed by atoms with van der Waals surface area (Å²) in [5.41, 5.74) is -0.454. The minimum absolute atomic E-state index is 0.0252. The largest absolute Gasteiger partial charge is 0.458 e. The van der Waals surface area contributed by atoms with Gasteiger partial charge in [-0.15, -0.1) is 0 Å². The molecule has 0 bridgehead atoms. The Hall–Kier alpha value is -0.650. The van der Waals surface area contributed by atoms with Gasteiger partial charge in [0.2, 0.25) is 0 Å². The van der Waals surface area contributed by atoms with Gasteiger partial charge in [-0.1, -0.05) is 6.42 Å². The molecule has 2 atom stereocenters. The van der Waals surface area contributed by atoms with Crippen LogP contribution in [0.4, 0.5) is 0 Å². The first-order valence-corrected chi connectivity index (χ1v) is 7.31. The normalized spacial score (nSPS) is 23.6. The van der Waals surface area contributed by atoms with Crippen molar-refractivity contribution in [3.05, 3.63) is 0 Å². The van der Waals surface area contributed by atoms with Crippen LogP contribution in [0.5, 0.6) is 0 Å². The lowest BCUT2D eigenvalue weighted by Crippen LogP contribution is -2.29. The fourth-order valence-electron chi connectivity index (χ4n) is 2.39. The van der Waals surface area contributed by atoms with Crippen molar-refractivity contribution in [1.29, 1.82) is 0 Å². The Bertz CT molecular complexity index is 284. The Kier molecular flexibility index (Phi) is 7.48. The van der Waals surface area contributed by atoms with E-state index in [1.165, 1.54) is 0 Å². The van der Waals surface area contributed by atoms with Gasteiger partial charge in [-0.25, -0.2) is 4.79 Å². The van der Waals surface area contributed by atoms with Gasteiger partial charge >= 0.3 is 5.97 Å². The Morgan fingerprint density at radius 1 is 1.25 bits per heavy atom. The number of hydrogen-bond acceptors (Lipinski definition) is 5. The lowest BCUT2D eigenvalue weighted by atomic mass is 9.88. The minimum Gasteiger partial charge on any atom is -0.458 e. The van der Waals surface area contributed by atoms with Crippen LogP contribution in [0.25, 0.3) is 0 Å². The molecule has 2 unspecified atom stereocenters. The van der Waals surface area contributed by atoms with Crippen LogP contribution in [0, 0.1) is 5.92 Å². The van der Waals surface area contributed by atoms with Crippen molar-refractivity contribution in [3.63, 3.8) is 0 Å². The molecule has 20 heavy (non-hydrogen) atoms. The summed E-state index contributed by atoms with van der Waals surface area (Å²) < 4.78 is 21.2. The van der Waals surface area contributed by atoms with Crippen LogP contribution in [0.3, 0.4) is 0 Å². The molecule has 0 N–H and O–H groups in total. The van der Waals surface area contributed by atoms with Gasteiger partial charge in [0.1, 0.15) is 19.0 Å². The standard InChI is InChI=1S/C15H28O5/c1-15(2,3)20-14(16)10-18-9-12-6-5-7-13(8-12)19-11-17-4/h12-13H,5-11H2,1-4H3. The number of hydrogen-bond donors (Lipinski definition) is 0. The highest BCUT2D eigenvalue weighted by Gasteiger charge is 2.23. The zero-order valence-electron chi connectivity index (χ0n) is 13.1. The zero-order chi connectivity index (χ0) is 15.0. The molecule has 0 spiro atoms. The van der Waals surface area contributed by atoms with E-state index in [4.69, 9.17) is 18.9 Å². The molecule has 0 aromatic carbocycles. The summed E-state index contributed by atoms with van der Waals surface area (Å²) in [6, 6.07) is 0. The monoisotopic (exact) mass is 288 g/mol. The summed E-state index contributed by atoms with van der Waals surface area (Å²) in [7, 11) is 1.63. The smallest absolute Gasteiger partial charge is 0.332 e. The molecule has 0 amide bonds. The molecule has 1 saturated carbocycles. The first-order valence-electron chi connectivity index (χ1n) is 7.31. The van der Waals surface area contributed by atoms with Gasteiger partial charge in [0.15, 0.2) is 0 Å². The van der Waals surface area contributed by atoms with E-state index in [9.17, 15) is 4.79 Å². The van der Waals surface area contributed by atoms with Gasteiger partial charge in [0.25, 0.3) is 0 Å². The number of carbonyl (C=O) groups excluding carboxylic acids is 1. The van der Waals surface area contributed by atoms with Crippen LogP contribution in [0.1, 0.15) is 46.5 Å². The van der Waals surface area contributed by atoms with Crippen molar-refractivity contribution in [2.24, 2.45) is 5.92 Å². The average molecular weight is 288 g/mol. The Morgan fingerprint density at radius 2 is 2.00 bits per heavy atom. The first kappa shape index (κ1) is 17.4. The van der Waals surface area contributed by atoms with Gasteiger partial charge in [-0.3, -0.25) is 0 Å². The van der Waals surface area contributed by atoms with E-state index in [1.807, 2.05) is 20.8 Å². The molecular formula is C15H28O5. The SMILES string of the molecule is COCOC1CCCC(COCC(=O)OC(C)(C)C)C1. The van der Waals surface area contributed by atoms with Crippen molar-refractivity contribution < 1.29 is 23.7 Å². The molecule has 5 nitrogen and oxygen atoms in total.